The smallest absolute Gasteiger partial charge is 0.132 e. The van der Waals surface area contributed by atoms with Crippen LogP contribution in [0.2, 0.25) is 5.15 Å². The van der Waals surface area contributed by atoms with Gasteiger partial charge in [-0.3, -0.25) is 0 Å². The SMILES string of the molecule is CCC1CCCCCN1c1cc(C#N)cc(Cl)n1. The molecule has 3 nitrogen and oxygen atoms in total. The lowest BCUT2D eigenvalue weighted by Crippen LogP contribution is -2.35. The fourth-order valence-electron chi connectivity index (χ4n) is 2.60. The average Bonchev–Trinajstić information content (AvgIpc) is 2.62. The maximum Gasteiger partial charge on any atom is 0.132 e. The van der Waals surface area contributed by atoms with Crippen LogP contribution in [0.4, 0.5) is 5.82 Å². The molecule has 0 aliphatic carbocycles. The van der Waals surface area contributed by atoms with E-state index in [2.05, 4.69) is 22.9 Å². The topological polar surface area (TPSA) is 39.9 Å². The molecule has 0 spiro atoms. The molecule has 0 aromatic carbocycles. The van der Waals surface area contributed by atoms with Crippen molar-refractivity contribution in [2.45, 2.75) is 45.1 Å². The predicted octanol–water partition coefficient (Wildman–Crippen LogP) is 3.77. The predicted molar refractivity (Wildman–Crippen MR) is 73.9 cm³/mol. The Bertz CT molecular complexity index is 453. The van der Waals surface area contributed by atoms with E-state index in [0.717, 1.165) is 18.8 Å². The summed E-state index contributed by atoms with van der Waals surface area (Å²) in [5.74, 6) is 0.854. The average molecular weight is 264 g/mol. The highest BCUT2D eigenvalue weighted by Gasteiger charge is 2.21. The zero-order valence-electron chi connectivity index (χ0n) is 10.7. The van der Waals surface area contributed by atoms with Crippen LogP contribution in [0.3, 0.4) is 0 Å². The van der Waals surface area contributed by atoms with Gasteiger partial charge in [-0.15, -0.1) is 0 Å². The summed E-state index contributed by atoms with van der Waals surface area (Å²) in [7, 11) is 0. The molecule has 18 heavy (non-hydrogen) atoms. The van der Waals surface area contributed by atoms with Crippen molar-refractivity contribution >= 4 is 17.4 Å². The van der Waals surface area contributed by atoms with Crippen LogP contribution in [0.1, 0.15) is 44.6 Å². The summed E-state index contributed by atoms with van der Waals surface area (Å²) in [5.41, 5.74) is 0.587. The summed E-state index contributed by atoms with van der Waals surface area (Å²) in [4.78, 5) is 6.70. The van der Waals surface area contributed by atoms with Crippen LogP contribution < -0.4 is 4.90 Å². The van der Waals surface area contributed by atoms with Crippen LogP contribution in [-0.4, -0.2) is 17.6 Å². The number of hydrogen-bond acceptors (Lipinski definition) is 3. The lowest BCUT2D eigenvalue weighted by atomic mass is 10.1. The van der Waals surface area contributed by atoms with E-state index < -0.39 is 0 Å². The Morgan fingerprint density at radius 1 is 1.44 bits per heavy atom. The molecule has 0 bridgehead atoms. The lowest BCUT2D eigenvalue weighted by Gasteiger charge is -2.30. The van der Waals surface area contributed by atoms with Gasteiger partial charge in [-0.25, -0.2) is 4.98 Å². The molecule has 0 saturated carbocycles. The van der Waals surface area contributed by atoms with Crippen LogP contribution in [0.25, 0.3) is 0 Å². The molecule has 1 atom stereocenters. The van der Waals surface area contributed by atoms with Crippen molar-refractivity contribution in [2.24, 2.45) is 0 Å². The van der Waals surface area contributed by atoms with E-state index in [4.69, 9.17) is 16.9 Å². The molecular weight excluding hydrogens is 246 g/mol. The highest BCUT2D eigenvalue weighted by atomic mass is 35.5. The highest BCUT2D eigenvalue weighted by molar-refractivity contribution is 6.29. The largest absolute Gasteiger partial charge is 0.354 e. The number of hydrogen-bond donors (Lipinski definition) is 0. The summed E-state index contributed by atoms with van der Waals surface area (Å²) in [5, 5.41) is 9.41. The van der Waals surface area contributed by atoms with Gasteiger partial charge in [-0.2, -0.15) is 5.26 Å². The number of nitrogens with zero attached hydrogens (tertiary/aromatic N) is 3. The molecule has 0 N–H and O–H groups in total. The molecule has 2 rings (SSSR count). The van der Waals surface area contributed by atoms with Crippen LogP contribution in [0.15, 0.2) is 12.1 Å². The molecule has 1 aromatic rings. The molecule has 0 radical (unpaired) electrons. The minimum Gasteiger partial charge on any atom is -0.354 e. The molecule has 1 aliphatic rings. The van der Waals surface area contributed by atoms with E-state index >= 15 is 0 Å². The summed E-state index contributed by atoms with van der Waals surface area (Å²) in [6.45, 7) is 3.22. The highest BCUT2D eigenvalue weighted by Crippen LogP contribution is 2.26. The number of aromatic nitrogens is 1. The van der Waals surface area contributed by atoms with Gasteiger partial charge in [0.25, 0.3) is 0 Å². The first-order valence-electron chi connectivity index (χ1n) is 6.59. The minimum atomic E-state index is 0.406. The Morgan fingerprint density at radius 2 is 2.28 bits per heavy atom. The van der Waals surface area contributed by atoms with Crippen molar-refractivity contribution in [1.29, 1.82) is 5.26 Å². The van der Waals surface area contributed by atoms with Gasteiger partial charge >= 0.3 is 0 Å². The number of nitriles is 1. The van der Waals surface area contributed by atoms with E-state index in [9.17, 15) is 0 Å². The Morgan fingerprint density at radius 3 is 3.00 bits per heavy atom. The van der Waals surface area contributed by atoms with Gasteiger partial charge in [0.1, 0.15) is 11.0 Å². The van der Waals surface area contributed by atoms with Crippen LogP contribution in [0, 0.1) is 11.3 Å². The first kappa shape index (κ1) is 13.2. The van der Waals surface area contributed by atoms with E-state index in [1.54, 1.807) is 6.07 Å². The molecule has 4 heteroatoms. The number of pyridine rings is 1. The maximum atomic E-state index is 9.01. The second kappa shape index (κ2) is 6.06. The van der Waals surface area contributed by atoms with Crippen molar-refractivity contribution in [3.63, 3.8) is 0 Å². The van der Waals surface area contributed by atoms with Crippen molar-refractivity contribution in [3.8, 4) is 6.07 Å². The Kier molecular flexibility index (Phi) is 4.43. The third-order valence-electron chi connectivity index (χ3n) is 3.55. The molecule has 1 aromatic heterocycles. The van der Waals surface area contributed by atoms with Gasteiger partial charge < -0.3 is 4.90 Å². The van der Waals surface area contributed by atoms with Gasteiger partial charge in [-0.05, 0) is 31.4 Å². The van der Waals surface area contributed by atoms with Crippen molar-refractivity contribution in [3.05, 3.63) is 22.8 Å². The van der Waals surface area contributed by atoms with Gasteiger partial charge in [-0.1, -0.05) is 31.4 Å². The first-order valence-corrected chi connectivity index (χ1v) is 6.96. The van der Waals surface area contributed by atoms with Crippen molar-refractivity contribution in [1.82, 2.24) is 4.98 Å². The molecule has 96 valence electrons. The standard InChI is InChI=1S/C14H18ClN3/c1-2-12-6-4-3-5-7-18(12)14-9-11(10-16)8-13(15)17-14/h8-9,12H,2-7H2,1H3. The summed E-state index contributed by atoms with van der Waals surface area (Å²) in [6, 6.07) is 6.13. The van der Waals surface area contributed by atoms with Crippen molar-refractivity contribution < 1.29 is 0 Å². The van der Waals surface area contributed by atoms with E-state index in [-0.39, 0.29) is 0 Å². The van der Waals surface area contributed by atoms with Crippen LogP contribution in [0.5, 0.6) is 0 Å². The Hall–Kier alpha value is -1.27. The van der Waals surface area contributed by atoms with E-state index in [0.29, 0.717) is 16.8 Å². The first-order chi connectivity index (χ1) is 8.74. The Balaban J connectivity index is 2.32. The molecule has 2 heterocycles. The van der Waals surface area contributed by atoms with Crippen molar-refractivity contribution in [2.75, 3.05) is 11.4 Å². The van der Waals surface area contributed by atoms with Crippen LogP contribution in [-0.2, 0) is 0 Å². The molecule has 1 aliphatic heterocycles. The zero-order valence-corrected chi connectivity index (χ0v) is 11.5. The second-order valence-electron chi connectivity index (χ2n) is 4.75. The monoisotopic (exact) mass is 263 g/mol. The summed E-state index contributed by atoms with van der Waals surface area (Å²) in [6.07, 6.45) is 6.05. The fraction of sp³-hybridized carbons (Fsp3) is 0.571. The quantitative estimate of drug-likeness (QED) is 0.763. The summed E-state index contributed by atoms with van der Waals surface area (Å²) < 4.78 is 0. The minimum absolute atomic E-state index is 0.406. The van der Waals surface area contributed by atoms with Gasteiger partial charge in [0, 0.05) is 12.6 Å². The van der Waals surface area contributed by atoms with Gasteiger partial charge in [0.2, 0.25) is 0 Å². The van der Waals surface area contributed by atoms with E-state index in [1.165, 1.54) is 25.7 Å². The second-order valence-corrected chi connectivity index (χ2v) is 5.14. The normalized spacial score (nSPS) is 20.3. The molecule has 1 fully saturated rings. The molecule has 1 unspecified atom stereocenters. The maximum absolute atomic E-state index is 9.01. The fourth-order valence-corrected chi connectivity index (χ4v) is 2.80. The lowest BCUT2D eigenvalue weighted by molar-refractivity contribution is 0.552. The third-order valence-corrected chi connectivity index (χ3v) is 3.75. The van der Waals surface area contributed by atoms with Crippen LogP contribution >= 0.6 is 11.6 Å². The molecule has 1 saturated heterocycles. The Labute approximate surface area is 113 Å². The molecular formula is C14H18ClN3. The number of halogens is 1. The van der Waals surface area contributed by atoms with E-state index in [1.807, 2.05) is 6.07 Å². The van der Waals surface area contributed by atoms with Gasteiger partial charge in [0.05, 0.1) is 11.6 Å². The number of rotatable bonds is 2. The number of anilines is 1. The van der Waals surface area contributed by atoms with Gasteiger partial charge in [0.15, 0.2) is 0 Å². The third kappa shape index (κ3) is 2.94. The molecule has 0 amide bonds. The summed E-state index contributed by atoms with van der Waals surface area (Å²) >= 11 is 5.99. The zero-order chi connectivity index (χ0) is 13.0.